The van der Waals surface area contributed by atoms with Crippen molar-refractivity contribution in [1.82, 2.24) is 5.32 Å². The van der Waals surface area contributed by atoms with Gasteiger partial charge in [0.05, 0.1) is 16.0 Å². The first-order valence-corrected chi connectivity index (χ1v) is 5.95. The minimum absolute atomic E-state index is 0.147. The fourth-order valence-electron chi connectivity index (χ4n) is 1.66. The van der Waals surface area contributed by atoms with Gasteiger partial charge in [0.1, 0.15) is 0 Å². The summed E-state index contributed by atoms with van der Waals surface area (Å²) in [5.41, 5.74) is 0.302. The molecule has 18 heavy (non-hydrogen) atoms. The Balaban J connectivity index is 2.10. The molecule has 1 heterocycles. The molecular formula is C11H9Cl2FN2O2. The van der Waals surface area contributed by atoms with Crippen molar-refractivity contribution < 1.29 is 14.0 Å². The van der Waals surface area contributed by atoms with E-state index in [9.17, 15) is 14.0 Å². The highest BCUT2D eigenvalue weighted by molar-refractivity contribution is 6.35. The third-order valence-electron chi connectivity index (χ3n) is 2.60. The highest BCUT2D eigenvalue weighted by atomic mass is 35.5. The summed E-state index contributed by atoms with van der Waals surface area (Å²) >= 11 is 11.2. The van der Waals surface area contributed by atoms with Gasteiger partial charge in [-0.15, -0.1) is 0 Å². The molecule has 1 aliphatic rings. The molecule has 1 fully saturated rings. The number of amides is 2. The van der Waals surface area contributed by atoms with Gasteiger partial charge in [0.2, 0.25) is 11.8 Å². The molecule has 2 amide bonds. The second kappa shape index (κ2) is 5.12. The van der Waals surface area contributed by atoms with Crippen molar-refractivity contribution in [3.63, 3.8) is 0 Å². The largest absolute Gasteiger partial charge is 0.355 e. The molecule has 1 saturated heterocycles. The van der Waals surface area contributed by atoms with E-state index < -0.39 is 11.7 Å². The number of nitrogens with one attached hydrogen (secondary N) is 2. The lowest BCUT2D eigenvalue weighted by Gasteiger charge is -2.10. The summed E-state index contributed by atoms with van der Waals surface area (Å²) in [4.78, 5) is 22.8. The van der Waals surface area contributed by atoms with Crippen molar-refractivity contribution in [2.75, 3.05) is 11.9 Å². The Kier molecular flexibility index (Phi) is 3.73. The standard InChI is InChI=1S/C11H9Cl2FN2O2/c12-7-2-6(3-8(13)10(7)14)16-11(18)5-1-9(17)15-4-5/h2-3,5H,1,4H2,(H,15,17)(H,16,18). The van der Waals surface area contributed by atoms with Gasteiger partial charge < -0.3 is 10.6 Å². The van der Waals surface area contributed by atoms with Crippen LogP contribution < -0.4 is 10.6 Å². The zero-order valence-electron chi connectivity index (χ0n) is 9.10. The van der Waals surface area contributed by atoms with Crippen LogP contribution in [-0.2, 0) is 9.59 Å². The van der Waals surface area contributed by atoms with Crippen LogP contribution in [0.4, 0.5) is 10.1 Å². The Labute approximate surface area is 112 Å². The average molecular weight is 291 g/mol. The van der Waals surface area contributed by atoms with Crippen LogP contribution in [0.2, 0.25) is 10.0 Å². The van der Waals surface area contributed by atoms with Crippen molar-refractivity contribution in [1.29, 1.82) is 0 Å². The van der Waals surface area contributed by atoms with Crippen LogP contribution in [-0.4, -0.2) is 18.4 Å². The Morgan fingerprint density at radius 2 is 2.00 bits per heavy atom. The Morgan fingerprint density at radius 3 is 2.50 bits per heavy atom. The van der Waals surface area contributed by atoms with Crippen molar-refractivity contribution in [2.45, 2.75) is 6.42 Å². The van der Waals surface area contributed by atoms with Crippen LogP contribution in [0, 0.1) is 11.7 Å². The lowest BCUT2D eigenvalue weighted by Crippen LogP contribution is -2.24. The van der Waals surface area contributed by atoms with Crippen molar-refractivity contribution in [3.05, 3.63) is 28.0 Å². The maximum Gasteiger partial charge on any atom is 0.229 e. The van der Waals surface area contributed by atoms with E-state index >= 15 is 0 Å². The Morgan fingerprint density at radius 1 is 1.39 bits per heavy atom. The predicted molar refractivity (Wildman–Crippen MR) is 66.2 cm³/mol. The molecule has 1 aromatic rings. The van der Waals surface area contributed by atoms with E-state index in [0.29, 0.717) is 12.2 Å². The number of hydrogen-bond acceptors (Lipinski definition) is 2. The number of benzene rings is 1. The van der Waals surface area contributed by atoms with E-state index in [4.69, 9.17) is 23.2 Å². The molecule has 2 rings (SSSR count). The first kappa shape index (κ1) is 13.1. The molecule has 1 aliphatic heterocycles. The fraction of sp³-hybridized carbons (Fsp3) is 0.273. The number of carbonyl (C=O) groups is 2. The van der Waals surface area contributed by atoms with Crippen LogP contribution in [0.25, 0.3) is 0 Å². The van der Waals surface area contributed by atoms with Gasteiger partial charge in [0, 0.05) is 18.7 Å². The summed E-state index contributed by atoms with van der Waals surface area (Å²) in [6.07, 6.45) is 0.147. The smallest absolute Gasteiger partial charge is 0.229 e. The van der Waals surface area contributed by atoms with Crippen LogP contribution >= 0.6 is 23.2 Å². The van der Waals surface area contributed by atoms with E-state index in [1.165, 1.54) is 12.1 Å². The van der Waals surface area contributed by atoms with E-state index in [1.54, 1.807) is 0 Å². The van der Waals surface area contributed by atoms with E-state index in [0.717, 1.165) is 0 Å². The van der Waals surface area contributed by atoms with E-state index in [1.807, 2.05) is 0 Å². The van der Waals surface area contributed by atoms with Crippen molar-refractivity contribution in [3.8, 4) is 0 Å². The first-order valence-electron chi connectivity index (χ1n) is 5.19. The van der Waals surface area contributed by atoms with E-state index in [2.05, 4.69) is 10.6 Å². The van der Waals surface area contributed by atoms with E-state index in [-0.39, 0.29) is 28.3 Å². The maximum absolute atomic E-state index is 13.2. The van der Waals surface area contributed by atoms with Gasteiger partial charge in [0.25, 0.3) is 0 Å². The van der Waals surface area contributed by atoms with Gasteiger partial charge in [-0.3, -0.25) is 9.59 Å². The normalized spacial score (nSPS) is 18.6. The minimum atomic E-state index is -0.728. The fourth-order valence-corrected chi connectivity index (χ4v) is 2.15. The minimum Gasteiger partial charge on any atom is -0.355 e. The zero-order valence-corrected chi connectivity index (χ0v) is 10.6. The lowest BCUT2D eigenvalue weighted by atomic mass is 10.1. The molecule has 1 atom stereocenters. The van der Waals surface area contributed by atoms with Crippen LogP contribution in [0.15, 0.2) is 12.1 Å². The van der Waals surface area contributed by atoms with Crippen molar-refractivity contribution in [2.24, 2.45) is 5.92 Å². The number of anilines is 1. The molecule has 1 aromatic carbocycles. The summed E-state index contributed by atoms with van der Waals surface area (Å²) in [6.45, 7) is 0.299. The first-order chi connectivity index (χ1) is 8.47. The molecule has 0 bridgehead atoms. The predicted octanol–water partition coefficient (Wildman–Crippen LogP) is 2.21. The molecule has 0 aliphatic carbocycles. The number of carbonyl (C=O) groups excluding carboxylic acids is 2. The Bertz CT molecular complexity index is 499. The molecule has 0 saturated carbocycles. The quantitative estimate of drug-likeness (QED) is 0.821. The summed E-state index contributed by atoms with van der Waals surface area (Å²) in [5, 5.41) is 4.77. The molecular weight excluding hydrogens is 282 g/mol. The highest BCUT2D eigenvalue weighted by Gasteiger charge is 2.28. The van der Waals surface area contributed by atoms with Crippen LogP contribution in [0.3, 0.4) is 0 Å². The van der Waals surface area contributed by atoms with Crippen LogP contribution in [0.5, 0.6) is 0 Å². The third-order valence-corrected chi connectivity index (χ3v) is 3.15. The number of halogens is 3. The molecule has 0 radical (unpaired) electrons. The number of hydrogen-bond donors (Lipinski definition) is 2. The molecule has 2 N–H and O–H groups in total. The summed E-state index contributed by atoms with van der Waals surface area (Å²) in [5.74, 6) is -1.65. The number of rotatable bonds is 2. The van der Waals surface area contributed by atoms with Gasteiger partial charge in [-0.2, -0.15) is 0 Å². The van der Waals surface area contributed by atoms with Gasteiger partial charge in [-0.25, -0.2) is 4.39 Å². The highest BCUT2D eigenvalue weighted by Crippen LogP contribution is 2.27. The van der Waals surface area contributed by atoms with Gasteiger partial charge in [-0.1, -0.05) is 23.2 Å². The summed E-state index contributed by atoms with van der Waals surface area (Å²) in [7, 11) is 0. The SMILES string of the molecule is O=C1CC(C(=O)Nc2cc(Cl)c(F)c(Cl)c2)CN1. The summed E-state index contributed by atoms with van der Waals surface area (Å²) < 4.78 is 13.2. The van der Waals surface area contributed by atoms with Crippen molar-refractivity contribution >= 4 is 40.7 Å². The molecule has 0 aromatic heterocycles. The Hall–Kier alpha value is -1.33. The van der Waals surface area contributed by atoms with Gasteiger partial charge in [0.15, 0.2) is 5.82 Å². The molecule has 0 spiro atoms. The zero-order chi connectivity index (χ0) is 13.3. The summed E-state index contributed by atoms with van der Waals surface area (Å²) in [6, 6.07) is 2.54. The lowest BCUT2D eigenvalue weighted by molar-refractivity contribution is -0.123. The molecule has 1 unspecified atom stereocenters. The molecule has 4 nitrogen and oxygen atoms in total. The van der Waals surface area contributed by atoms with Crippen LogP contribution in [0.1, 0.15) is 6.42 Å². The topological polar surface area (TPSA) is 58.2 Å². The van der Waals surface area contributed by atoms with Gasteiger partial charge in [-0.05, 0) is 12.1 Å². The van der Waals surface area contributed by atoms with Gasteiger partial charge >= 0.3 is 0 Å². The third kappa shape index (κ3) is 2.73. The average Bonchev–Trinajstić information content (AvgIpc) is 2.72. The second-order valence-corrected chi connectivity index (χ2v) is 4.76. The molecule has 7 heteroatoms. The maximum atomic E-state index is 13.2. The second-order valence-electron chi connectivity index (χ2n) is 3.95. The molecule has 96 valence electrons. The monoisotopic (exact) mass is 290 g/mol.